The second-order valence-corrected chi connectivity index (χ2v) is 11.7. The monoisotopic (exact) mass is 574 g/mol. The molecule has 3 unspecified atom stereocenters. The minimum atomic E-state index is -0.524. The van der Waals surface area contributed by atoms with Gasteiger partial charge >= 0.3 is 5.97 Å². The van der Waals surface area contributed by atoms with E-state index in [-0.39, 0.29) is 42.2 Å². The molecule has 1 heterocycles. The van der Waals surface area contributed by atoms with Crippen LogP contribution in [0.25, 0.3) is 0 Å². The lowest BCUT2D eigenvalue weighted by molar-refractivity contribution is -0.148. The van der Waals surface area contributed by atoms with Crippen LogP contribution in [0.4, 0.5) is 0 Å². The van der Waals surface area contributed by atoms with E-state index in [1.54, 1.807) is 4.90 Å². The van der Waals surface area contributed by atoms with Crippen LogP contribution < -0.4 is 16.2 Å². The molecule has 1 aliphatic carbocycles. The van der Waals surface area contributed by atoms with Gasteiger partial charge in [0.05, 0.1) is 12.2 Å². The highest BCUT2D eigenvalue weighted by Crippen LogP contribution is 2.37. The summed E-state index contributed by atoms with van der Waals surface area (Å²) in [5.41, 5.74) is 12.4. The largest absolute Gasteiger partial charge is 0.504 e. The van der Waals surface area contributed by atoms with Crippen molar-refractivity contribution in [1.29, 1.82) is 0 Å². The number of rotatable bonds is 17. The third-order valence-corrected chi connectivity index (χ3v) is 8.06. The Labute approximate surface area is 244 Å². The molecule has 1 aromatic carbocycles. The fourth-order valence-corrected chi connectivity index (χ4v) is 5.89. The fourth-order valence-electron chi connectivity index (χ4n) is 5.89. The summed E-state index contributed by atoms with van der Waals surface area (Å²) in [5, 5.41) is 21.7. The van der Waals surface area contributed by atoms with Crippen molar-refractivity contribution in [3.8, 4) is 11.5 Å². The first-order chi connectivity index (χ1) is 19.6. The van der Waals surface area contributed by atoms with Gasteiger partial charge in [-0.05, 0) is 68.9 Å². The Morgan fingerprint density at radius 3 is 2.63 bits per heavy atom. The van der Waals surface area contributed by atoms with Crippen LogP contribution in [-0.4, -0.2) is 64.4 Å². The first-order valence-electron chi connectivity index (χ1n) is 15.3. The first kappa shape index (κ1) is 32.5. The smallest absolute Gasteiger partial charge is 0.302 e. The molecule has 3 rings (SSSR count). The average Bonchev–Trinajstić information content (AvgIpc) is 3.54. The number of phenols is 1. The summed E-state index contributed by atoms with van der Waals surface area (Å²) in [6, 6.07) is 3.78. The molecule has 1 saturated carbocycles. The molecule has 1 aromatic rings. The number of unbranched alkanes of at least 4 members (excludes halogenated alkanes) is 2. The van der Waals surface area contributed by atoms with E-state index in [2.05, 4.69) is 11.9 Å². The van der Waals surface area contributed by atoms with Crippen molar-refractivity contribution in [1.82, 2.24) is 4.90 Å². The number of benzene rings is 1. The Morgan fingerprint density at radius 1 is 1.20 bits per heavy atom. The number of aliphatic hydroxyl groups is 1. The minimum absolute atomic E-state index is 0.0368. The molecule has 0 spiro atoms. The van der Waals surface area contributed by atoms with E-state index in [0.717, 1.165) is 50.5 Å². The van der Waals surface area contributed by atoms with E-state index in [4.69, 9.17) is 20.9 Å². The van der Waals surface area contributed by atoms with E-state index in [1.807, 2.05) is 12.1 Å². The van der Waals surface area contributed by atoms with Crippen molar-refractivity contribution >= 4 is 17.8 Å². The Kier molecular flexibility index (Phi) is 13.0. The van der Waals surface area contributed by atoms with Crippen LogP contribution in [0.1, 0.15) is 102 Å². The maximum Gasteiger partial charge on any atom is 0.302 e. The lowest BCUT2D eigenvalue weighted by atomic mass is 9.98. The standard InChI is InChI=1S/C31H50N4O6/c1-3-4-5-8-25(37)18-27(40-21(2)36)12-11-22-15-24(30(39)28(16-22)41-26-9-6-7-10-26)20-35-19-23(17-29(35)38)13-14-34-31(32)33/h15-16,23,25-27,37,39H,3-14,17-20H2,1-2H3,(H4,32,33,34). The van der Waals surface area contributed by atoms with Gasteiger partial charge in [0.1, 0.15) is 6.10 Å². The number of ether oxygens (including phenoxy) is 2. The van der Waals surface area contributed by atoms with E-state index in [0.29, 0.717) is 62.9 Å². The van der Waals surface area contributed by atoms with Gasteiger partial charge in [-0.25, -0.2) is 0 Å². The van der Waals surface area contributed by atoms with Crippen molar-refractivity contribution in [2.45, 2.75) is 122 Å². The number of amides is 1. The van der Waals surface area contributed by atoms with Gasteiger partial charge in [-0.2, -0.15) is 0 Å². The molecule has 2 fully saturated rings. The highest BCUT2D eigenvalue weighted by Gasteiger charge is 2.30. The highest BCUT2D eigenvalue weighted by molar-refractivity contribution is 5.79. The van der Waals surface area contributed by atoms with Crippen LogP contribution in [0.3, 0.4) is 0 Å². The Balaban J connectivity index is 1.73. The number of phenolic OH excluding ortho intramolecular Hbond substituents is 1. The van der Waals surface area contributed by atoms with E-state index < -0.39 is 12.2 Å². The van der Waals surface area contributed by atoms with Crippen LogP contribution in [-0.2, 0) is 27.3 Å². The summed E-state index contributed by atoms with van der Waals surface area (Å²) >= 11 is 0. The van der Waals surface area contributed by atoms with Crippen LogP contribution in [0.15, 0.2) is 17.1 Å². The Bertz CT molecular complexity index is 1020. The zero-order valence-corrected chi connectivity index (χ0v) is 24.9. The van der Waals surface area contributed by atoms with Gasteiger partial charge in [0, 0.05) is 45.0 Å². The second kappa shape index (κ2) is 16.4. The van der Waals surface area contributed by atoms with Gasteiger partial charge in [0.15, 0.2) is 17.5 Å². The highest BCUT2D eigenvalue weighted by atomic mass is 16.5. The lowest BCUT2D eigenvalue weighted by Gasteiger charge is -2.23. The van der Waals surface area contributed by atoms with Crippen LogP contribution in [0.5, 0.6) is 11.5 Å². The molecule has 1 amide bonds. The topological polar surface area (TPSA) is 161 Å². The molecule has 2 aliphatic rings. The van der Waals surface area contributed by atoms with E-state index in [9.17, 15) is 19.8 Å². The summed E-state index contributed by atoms with van der Waals surface area (Å²) in [6.45, 7) is 4.84. The predicted octanol–water partition coefficient (Wildman–Crippen LogP) is 3.92. The van der Waals surface area contributed by atoms with Crippen LogP contribution in [0, 0.1) is 5.92 Å². The Morgan fingerprint density at radius 2 is 1.95 bits per heavy atom. The van der Waals surface area contributed by atoms with E-state index >= 15 is 0 Å². The normalized spacial score (nSPS) is 18.9. The third kappa shape index (κ3) is 11.1. The molecule has 1 saturated heterocycles. The molecular formula is C31H50N4O6. The van der Waals surface area contributed by atoms with Gasteiger partial charge < -0.3 is 36.1 Å². The summed E-state index contributed by atoms with van der Waals surface area (Å²) in [4.78, 5) is 30.4. The zero-order valence-electron chi connectivity index (χ0n) is 24.9. The quantitative estimate of drug-likeness (QED) is 0.0942. The number of aliphatic hydroxyl groups excluding tert-OH is 1. The lowest BCUT2D eigenvalue weighted by Crippen LogP contribution is -2.25. The number of aryl methyl sites for hydroxylation is 1. The molecule has 41 heavy (non-hydrogen) atoms. The molecule has 0 bridgehead atoms. The number of esters is 1. The van der Waals surface area contributed by atoms with Crippen molar-refractivity contribution in [3.63, 3.8) is 0 Å². The summed E-state index contributed by atoms with van der Waals surface area (Å²) < 4.78 is 11.8. The van der Waals surface area contributed by atoms with Crippen LogP contribution in [0.2, 0.25) is 0 Å². The molecule has 230 valence electrons. The number of likely N-dealkylation sites (tertiary alicyclic amines) is 1. The average molecular weight is 575 g/mol. The summed E-state index contributed by atoms with van der Waals surface area (Å²) in [7, 11) is 0. The molecular weight excluding hydrogens is 524 g/mol. The first-order valence-corrected chi connectivity index (χ1v) is 15.3. The number of aliphatic imine (C=N–C) groups is 1. The molecule has 1 aliphatic heterocycles. The molecule has 6 N–H and O–H groups in total. The maximum atomic E-state index is 12.8. The zero-order chi connectivity index (χ0) is 29.8. The minimum Gasteiger partial charge on any atom is -0.504 e. The fraction of sp³-hybridized carbons (Fsp3) is 0.710. The number of hydrogen-bond acceptors (Lipinski definition) is 7. The van der Waals surface area contributed by atoms with Gasteiger partial charge in [0.25, 0.3) is 0 Å². The van der Waals surface area contributed by atoms with Gasteiger partial charge in [-0.15, -0.1) is 0 Å². The van der Waals surface area contributed by atoms with E-state index in [1.165, 1.54) is 6.92 Å². The van der Waals surface area contributed by atoms with Gasteiger partial charge in [0.2, 0.25) is 5.91 Å². The van der Waals surface area contributed by atoms with Gasteiger partial charge in [-0.3, -0.25) is 14.6 Å². The maximum absolute atomic E-state index is 12.8. The van der Waals surface area contributed by atoms with Crippen molar-refractivity contribution in [3.05, 3.63) is 23.3 Å². The molecule has 3 atom stereocenters. The predicted molar refractivity (Wildman–Crippen MR) is 158 cm³/mol. The van der Waals surface area contributed by atoms with Crippen molar-refractivity contribution in [2.75, 3.05) is 13.1 Å². The Hall–Kier alpha value is -3.01. The second-order valence-electron chi connectivity index (χ2n) is 11.7. The number of aromatic hydroxyl groups is 1. The third-order valence-electron chi connectivity index (χ3n) is 8.06. The van der Waals surface area contributed by atoms with Crippen molar-refractivity contribution in [2.24, 2.45) is 22.4 Å². The number of carbonyl (C=O) groups is 2. The molecule has 0 radical (unpaired) electrons. The number of hydrogen-bond donors (Lipinski definition) is 4. The van der Waals surface area contributed by atoms with Gasteiger partial charge in [-0.1, -0.05) is 32.3 Å². The molecule has 10 nitrogen and oxygen atoms in total. The number of nitrogens with zero attached hydrogens (tertiary/aromatic N) is 2. The summed E-state index contributed by atoms with van der Waals surface area (Å²) in [5.74, 6) is 0.372. The van der Waals surface area contributed by atoms with Crippen LogP contribution >= 0.6 is 0 Å². The molecule has 10 heteroatoms. The number of carbonyl (C=O) groups excluding carboxylic acids is 2. The molecule has 0 aromatic heterocycles. The number of nitrogens with two attached hydrogens (primary N) is 2. The van der Waals surface area contributed by atoms with Crippen molar-refractivity contribution < 1.29 is 29.3 Å². The number of guanidine groups is 1. The summed E-state index contributed by atoms with van der Waals surface area (Å²) in [6.07, 6.45) is 9.64. The SMILES string of the molecule is CCCCCC(O)CC(CCc1cc(CN2CC(CCN=C(N)N)CC2=O)c(O)c(OC2CCCC2)c1)OC(C)=O.